The number of rotatable bonds is 2. The maximum atomic E-state index is 13.2. The van der Waals surface area contributed by atoms with Gasteiger partial charge in [-0.2, -0.15) is 0 Å². The molecule has 1 aromatic carbocycles. The van der Waals surface area contributed by atoms with Gasteiger partial charge in [0.15, 0.2) is 0 Å². The number of benzene rings is 1. The summed E-state index contributed by atoms with van der Waals surface area (Å²) in [7, 11) is 0. The van der Waals surface area contributed by atoms with Gasteiger partial charge < -0.3 is 5.11 Å². The fourth-order valence-corrected chi connectivity index (χ4v) is 3.36. The topological polar surface area (TPSA) is 40.5 Å². The van der Waals surface area contributed by atoms with Crippen molar-refractivity contribution in [3.05, 3.63) is 34.1 Å². The van der Waals surface area contributed by atoms with E-state index in [-0.39, 0.29) is 17.3 Å². The van der Waals surface area contributed by atoms with Crippen LogP contribution in [0.1, 0.15) is 32.3 Å². The van der Waals surface area contributed by atoms with Gasteiger partial charge in [-0.25, -0.2) is 4.39 Å². The van der Waals surface area contributed by atoms with Gasteiger partial charge >= 0.3 is 5.97 Å². The summed E-state index contributed by atoms with van der Waals surface area (Å²) in [4.78, 5) is 13.7. The Bertz CT molecular complexity index is 527. The number of likely N-dealkylation sites (tertiary alicyclic amines) is 1. The van der Waals surface area contributed by atoms with Crippen LogP contribution < -0.4 is 0 Å². The lowest BCUT2D eigenvalue weighted by molar-refractivity contribution is -0.141. The van der Waals surface area contributed by atoms with Crippen molar-refractivity contribution in [1.82, 2.24) is 4.90 Å². The van der Waals surface area contributed by atoms with Gasteiger partial charge in [-0.15, -0.1) is 0 Å². The minimum absolute atomic E-state index is 0.0744. The number of hydrogen-bond acceptors (Lipinski definition) is 2. The average Bonchev–Trinajstić information content (AvgIpc) is 2.73. The number of halogens is 2. The summed E-state index contributed by atoms with van der Waals surface area (Å²) in [5, 5.41) is 9.46. The molecule has 0 aliphatic carbocycles. The van der Waals surface area contributed by atoms with Gasteiger partial charge in [0.05, 0.1) is 5.92 Å². The summed E-state index contributed by atoms with van der Waals surface area (Å²) in [6.45, 7) is 7.42. The van der Waals surface area contributed by atoms with E-state index >= 15 is 0 Å². The lowest BCUT2D eigenvalue weighted by Gasteiger charge is -2.31. The smallest absolute Gasteiger partial charge is 0.308 e. The van der Waals surface area contributed by atoms with E-state index < -0.39 is 11.9 Å². The normalized spacial score (nSPS) is 24.1. The Labute approximate surface area is 126 Å². The summed E-state index contributed by atoms with van der Waals surface area (Å²) >= 11 is 3.35. The molecule has 0 aromatic heterocycles. The molecule has 110 valence electrons. The number of hydrogen-bond donors (Lipinski definition) is 1. The summed E-state index contributed by atoms with van der Waals surface area (Å²) in [6, 6.07) is 4.47. The number of carboxylic acid groups (broad SMARTS) is 1. The van der Waals surface area contributed by atoms with Crippen LogP contribution in [0.25, 0.3) is 0 Å². The van der Waals surface area contributed by atoms with Crippen LogP contribution in [0.4, 0.5) is 4.39 Å². The zero-order valence-corrected chi connectivity index (χ0v) is 13.4. The van der Waals surface area contributed by atoms with Gasteiger partial charge in [-0.1, -0.05) is 22.0 Å². The minimum Gasteiger partial charge on any atom is -0.481 e. The molecule has 2 atom stereocenters. The van der Waals surface area contributed by atoms with Crippen LogP contribution in [0.15, 0.2) is 22.7 Å². The highest BCUT2D eigenvalue weighted by molar-refractivity contribution is 9.10. The van der Waals surface area contributed by atoms with E-state index in [2.05, 4.69) is 41.6 Å². The summed E-state index contributed by atoms with van der Waals surface area (Å²) in [5.74, 6) is -1.70. The molecule has 0 spiro atoms. The molecule has 1 aliphatic heterocycles. The lowest BCUT2D eigenvalue weighted by Crippen LogP contribution is -2.40. The largest absolute Gasteiger partial charge is 0.481 e. The van der Waals surface area contributed by atoms with Crippen molar-refractivity contribution in [2.75, 3.05) is 13.1 Å². The molecule has 0 unspecified atom stereocenters. The van der Waals surface area contributed by atoms with Crippen molar-refractivity contribution in [3.63, 3.8) is 0 Å². The standard InChI is InChI=1S/C15H19BrFNO2/c1-15(2,3)18-7-11(12(8-18)14(19)20)10-5-4-9(17)6-13(10)16/h4-6,11-12H,7-8H2,1-3H3,(H,19,20)/t11-,12+/m1/s1. The molecule has 1 saturated heterocycles. The summed E-state index contributed by atoms with van der Waals surface area (Å²) in [5.41, 5.74) is 0.792. The fraction of sp³-hybridized carbons (Fsp3) is 0.533. The third-order valence-corrected chi connectivity index (χ3v) is 4.63. The third-order valence-electron chi connectivity index (χ3n) is 3.95. The highest BCUT2D eigenvalue weighted by Crippen LogP contribution is 2.39. The Hall–Kier alpha value is -0.940. The van der Waals surface area contributed by atoms with E-state index in [1.54, 1.807) is 6.07 Å². The predicted octanol–water partition coefficient (Wildman–Crippen LogP) is 3.49. The van der Waals surface area contributed by atoms with Crippen molar-refractivity contribution >= 4 is 21.9 Å². The Kier molecular flexibility index (Phi) is 4.21. The molecule has 3 nitrogen and oxygen atoms in total. The van der Waals surface area contributed by atoms with Gasteiger partial charge in [0.25, 0.3) is 0 Å². The molecular weight excluding hydrogens is 325 g/mol. The van der Waals surface area contributed by atoms with Crippen molar-refractivity contribution < 1.29 is 14.3 Å². The second-order valence-corrected chi connectivity index (χ2v) is 7.15. The van der Waals surface area contributed by atoms with Gasteiger partial charge in [-0.05, 0) is 38.5 Å². The predicted molar refractivity (Wildman–Crippen MR) is 79.3 cm³/mol. The highest BCUT2D eigenvalue weighted by Gasteiger charge is 2.42. The van der Waals surface area contributed by atoms with E-state index in [0.717, 1.165) is 5.56 Å². The van der Waals surface area contributed by atoms with Gasteiger partial charge in [-0.3, -0.25) is 9.69 Å². The summed E-state index contributed by atoms with van der Waals surface area (Å²) in [6.07, 6.45) is 0. The van der Waals surface area contributed by atoms with E-state index in [0.29, 0.717) is 17.6 Å². The first-order valence-electron chi connectivity index (χ1n) is 6.63. The SMILES string of the molecule is CC(C)(C)N1C[C@H](C(=O)O)[C@@H](c2ccc(F)cc2Br)C1. The Morgan fingerprint density at radius 1 is 1.40 bits per heavy atom. The molecule has 0 saturated carbocycles. The Morgan fingerprint density at radius 2 is 2.05 bits per heavy atom. The second-order valence-electron chi connectivity index (χ2n) is 6.29. The summed E-state index contributed by atoms with van der Waals surface area (Å²) < 4.78 is 13.8. The zero-order chi connectivity index (χ0) is 15.1. The molecule has 1 aliphatic rings. The first-order chi connectivity index (χ1) is 9.20. The Morgan fingerprint density at radius 3 is 2.55 bits per heavy atom. The van der Waals surface area contributed by atoms with E-state index in [1.807, 2.05) is 0 Å². The van der Waals surface area contributed by atoms with Gasteiger partial charge in [0.2, 0.25) is 0 Å². The highest BCUT2D eigenvalue weighted by atomic mass is 79.9. The first-order valence-corrected chi connectivity index (χ1v) is 7.42. The third kappa shape index (κ3) is 3.04. The van der Waals surface area contributed by atoms with Crippen LogP contribution in [0, 0.1) is 11.7 Å². The van der Waals surface area contributed by atoms with Crippen LogP contribution in [0.3, 0.4) is 0 Å². The van der Waals surface area contributed by atoms with Crippen LogP contribution in [0.5, 0.6) is 0 Å². The Balaban J connectivity index is 2.35. The van der Waals surface area contributed by atoms with Crippen LogP contribution in [-0.4, -0.2) is 34.6 Å². The molecule has 1 aromatic rings. The molecule has 1 heterocycles. The maximum Gasteiger partial charge on any atom is 0.308 e. The minimum atomic E-state index is -0.794. The molecule has 1 fully saturated rings. The number of aliphatic carboxylic acids is 1. The van der Waals surface area contributed by atoms with E-state index in [4.69, 9.17) is 0 Å². The van der Waals surface area contributed by atoms with Crippen LogP contribution in [0.2, 0.25) is 0 Å². The molecule has 5 heteroatoms. The van der Waals surface area contributed by atoms with Crippen LogP contribution >= 0.6 is 15.9 Å². The monoisotopic (exact) mass is 343 g/mol. The van der Waals surface area contributed by atoms with E-state index in [9.17, 15) is 14.3 Å². The fourth-order valence-electron chi connectivity index (χ4n) is 2.72. The van der Waals surface area contributed by atoms with Gasteiger partial charge in [0, 0.05) is 29.0 Å². The zero-order valence-electron chi connectivity index (χ0n) is 11.9. The van der Waals surface area contributed by atoms with Gasteiger partial charge in [0.1, 0.15) is 5.82 Å². The molecular formula is C15H19BrFNO2. The molecule has 2 rings (SSSR count). The quantitative estimate of drug-likeness (QED) is 0.893. The molecule has 20 heavy (non-hydrogen) atoms. The van der Waals surface area contributed by atoms with Crippen molar-refractivity contribution in [1.29, 1.82) is 0 Å². The maximum absolute atomic E-state index is 13.2. The number of carboxylic acids is 1. The average molecular weight is 344 g/mol. The van der Waals surface area contributed by atoms with Crippen molar-refractivity contribution in [3.8, 4) is 0 Å². The lowest BCUT2D eigenvalue weighted by atomic mass is 9.89. The van der Waals surface area contributed by atoms with Crippen molar-refractivity contribution in [2.45, 2.75) is 32.2 Å². The molecule has 1 N–H and O–H groups in total. The van der Waals surface area contributed by atoms with Crippen molar-refractivity contribution in [2.24, 2.45) is 5.92 Å². The molecule has 0 radical (unpaired) electrons. The number of carbonyl (C=O) groups is 1. The second kappa shape index (κ2) is 5.45. The van der Waals surface area contributed by atoms with Crippen LogP contribution in [-0.2, 0) is 4.79 Å². The van der Waals surface area contributed by atoms with E-state index in [1.165, 1.54) is 12.1 Å². The molecule has 0 amide bonds. The molecule has 0 bridgehead atoms. The first kappa shape index (κ1) is 15.4. The number of nitrogens with zero attached hydrogens (tertiary/aromatic N) is 1.